The van der Waals surface area contributed by atoms with E-state index in [2.05, 4.69) is 31.1 Å². The van der Waals surface area contributed by atoms with Crippen molar-refractivity contribution in [3.05, 3.63) is 24.0 Å². The number of allylic oxidation sites excluding steroid dienone is 3. The minimum absolute atomic E-state index is 0.231. The molecule has 89 valence electrons. The predicted octanol–water partition coefficient (Wildman–Crippen LogP) is 1.77. The summed E-state index contributed by atoms with van der Waals surface area (Å²) in [5, 5.41) is 0. The fraction of sp³-hybridized carbons (Fsp3) is 0.615. The van der Waals surface area contributed by atoms with Crippen molar-refractivity contribution in [1.29, 1.82) is 0 Å². The average molecular weight is 222 g/mol. The third-order valence-electron chi connectivity index (χ3n) is 3.65. The Morgan fingerprint density at radius 3 is 2.62 bits per heavy atom. The van der Waals surface area contributed by atoms with Crippen LogP contribution in [0.5, 0.6) is 0 Å². The topological polar surface area (TPSA) is 29.5 Å². The summed E-state index contributed by atoms with van der Waals surface area (Å²) >= 11 is 0. The van der Waals surface area contributed by atoms with Gasteiger partial charge in [-0.2, -0.15) is 0 Å². The first-order valence-electron chi connectivity index (χ1n) is 5.45. The van der Waals surface area contributed by atoms with Gasteiger partial charge in [0.25, 0.3) is 0 Å². The van der Waals surface area contributed by atoms with Gasteiger partial charge in [0.1, 0.15) is 5.76 Å². The van der Waals surface area contributed by atoms with Gasteiger partial charge in [-0.1, -0.05) is 19.1 Å². The van der Waals surface area contributed by atoms with Crippen LogP contribution >= 0.6 is 0 Å². The van der Waals surface area contributed by atoms with Crippen molar-refractivity contribution in [2.24, 2.45) is 11.3 Å². The summed E-state index contributed by atoms with van der Waals surface area (Å²) in [4.78, 5) is 13.3. The van der Waals surface area contributed by atoms with Gasteiger partial charge in [0, 0.05) is 11.5 Å². The second kappa shape index (κ2) is 4.83. The zero-order valence-corrected chi connectivity index (χ0v) is 10.7. The van der Waals surface area contributed by atoms with E-state index in [4.69, 9.17) is 4.74 Å². The summed E-state index contributed by atoms with van der Waals surface area (Å²) in [7, 11) is 5.61. The van der Waals surface area contributed by atoms with E-state index in [-0.39, 0.29) is 17.4 Å². The third kappa shape index (κ3) is 2.05. The minimum Gasteiger partial charge on any atom is -0.500 e. The zero-order chi connectivity index (χ0) is 12.3. The molecule has 3 unspecified atom stereocenters. The first-order chi connectivity index (χ1) is 7.47. The fourth-order valence-corrected chi connectivity index (χ4v) is 2.16. The van der Waals surface area contributed by atoms with Crippen LogP contribution in [0.15, 0.2) is 24.0 Å². The number of methoxy groups -OCH3 is 1. The highest BCUT2D eigenvalue weighted by Gasteiger charge is 2.42. The van der Waals surface area contributed by atoms with Crippen LogP contribution in [0.1, 0.15) is 13.8 Å². The van der Waals surface area contributed by atoms with Gasteiger partial charge in [0.15, 0.2) is 0 Å². The Labute approximate surface area is 97.8 Å². The molecule has 1 radical (unpaired) electrons. The van der Waals surface area contributed by atoms with Crippen LogP contribution in [0.25, 0.3) is 0 Å². The van der Waals surface area contributed by atoms with E-state index in [1.165, 1.54) is 0 Å². The highest BCUT2D eigenvalue weighted by atomic mass is 16.5. The molecule has 3 atom stereocenters. The molecule has 3 heteroatoms. The van der Waals surface area contributed by atoms with E-state index >= 15 is 0 Å². The van der Waals surface area contributed by atoms with Crippen LogP contribution in [0.4, 0.5) is 0 Å². The molecule has 0 saturated carbocycles. The Balaban J connectivity index is 3.08. The lowest BCUT2D eigenvalue weighted by atomic mass is 9.69. The van der Waals surface area contributed by atoms with E-state index < -0.39 is 0 Å². The van der Waals surface area contributed by atoms with Crippen LogP contribution < -0.4 is 0 Å². The van der Waals surface area contributed by atoms with E-state index in [9.17, 15) is 4.79 Å². The zero-order valence-electron chi connectivity index (χ0n) is 10.7. The van der Waals surface area contributed by atoms with Crippen LogP contribution in [-0.2, 0) is 9.53 Å². The molecule has 0 N–H and O–H groups in total. The lowest BCUT2D eigenvalue weighted by Crippen LogP contribution is -2.46. The fourth-order valence-electron chi connectivity index (χ4n) is 2.16. The molecule has 3 nitrogen and oxygen atoms in total. The third-order valence-corrected chi connectivity index (χ3v) is 3.65. The van der Waals surface area contributed by atoms with Crippen molar-refractivity contribution in [3.8, 4) is 0 Å². The van der Waals surface area contributed by atoms with Gasteiger partial charge in [0.2, 0.25) is 6.29 Å². The van der Waals surface area contributed by atoms with E-state index in [0.29, 0.717) is 5.76 Å². The van der Waals surface area contributed by atoms with E-state index in [1.807, 2.05) is 26.2 Å². The molecular weight excluding hydrogens is 202 g/mol. The lowest BCUT2D eigenvalue weighted by Gasteiger charge is -2.42. The molecular formula is C13H20NO2. The molecule has 1 aliphatic carbocycles. The van der Waals surface area contributed by atoms with Gasteiger partial charge in [0.05, 0.1) is 13.0 Å². The monoisotopic (exact) mass is 222 g/mol. The SMILES string of the molecule is COC1=CC=CC(C)(C(C)N(C)C)C1[C]=O. The van der Waals surface area contributed by atoms with Gasteiger partial charge in [-0.3, -0.25) is 4.79 Å². The second-order valence-electron chi connectivity index (χ2n) is 4.69. The van der Waals surface area contributed by atoms with Crippen LogP contribution in [0.3, 0.4) is 0 Å². The molecule has 0 aliphatic heterocycles. The molecule has 0 spiro atoms. The van der Waals surface area contributed by atoms with Crippen molar-refractivity contribution in [1.82, 2.24) is 4.90 Å². The summed E-state index contributed by atoms with van der Waals surface area (Å²) < 4.78 is 5.25. The maximum absolute atomic E-state index is 11.2. The van der Waals surface area contributed by atoms with Gasteiger partial charge in [-0.05, 0) is 27.1 Å². The Bertz CT molecular complexity index is 320. The number of rotatable bonds is 4. The number of carbonyl (C=O) groups excluding carboxylic acids is 1. The Kier molecular flexibility index (Phi) is 3.92. The molecule has 0 aromatic heterocycles. The quantitative estimate of drug-likeness (QED) is 0.726. The highest BCUT2D eigenvalue weighted by Crippen LogP contribution is 2.40. The normalized spacial score (nSPS) is 31.1. The second-order valence-corrected chi connectivity index (χ2v) is 4.69. The van der Waals surface area contributed by atoms with Crippen LogP contribution in [0, 0.1) is 11.3 Å². The molecule has 0 heterocycles. The van der Waals surface area contributed by atoms with E-state index in [0.717, 1.165) is 0 Å². The predicted molar refractivity (Wildman–Crippen MR) is 64.7 cm³/mol. The molecule has 0 aromatic carbocycles. The van der Waals surface area contributed by atoms with Crippen LogP contribution in [0.2, 0.25) is 0 Å². The Morgan fingerprint density at radius 1 is 1.56 bits per heavy atom. The molecule has 0 aromatic rings. The summed E-state index contributed by atoms with van der Waals surface area (Å²) in [6.45, 7) is 4.17. The van der Waals surface area contributed by atoms with Gasteiger partial charge >= 0.3 is 0 Å². The number of hydrogen-bond donors (Lipinski definition) is 0. The van der Waals surface area contributed by atoms with Gasteiger partial charge < -0.3 is 9.64 Å². The molecule has 0 fully saturated rings. The first-order valence-corrected chi connectivity index (χ1v) is 5.45. The average Bonchev–Trinajstić information content (AvgIpc) is 2.27. The minimum atomic E-state index is -0.333. The summed E-state index contributed by atoms with van der Waals surface area (Å²) in [6.07, 6.45) is 7.96. The Morgan fingerprint density at radius 2 is 2.19 bits per heavy atom. The van der Waals surface area contributed by atoms with E-state index in [1.54, 1.807) is 7.11 Å². The van der Waals surface area contributed by atoms with Crippen molar-refractivity contribution in [3.63, 3.8) is 0 Å². The summed E-state index contributed by atoms with van der Waals surface area (Å²) in [5.74, 6) is 0.355. The number of ether oxygens (including phenoxy) is 1. The van der Waals surface area contributed by atoms with Crippen LogP contribution in [-0.4, -0.2) is 38.4 Å². The lowest BCUT2D eigenvalue weighted by molar-refractivity contribution is 0.119. The summed E-state index contributed by atoms with van der Waals surface area (Å²) in [5.41, 5.74) is -0.272. The van der Waals surface area contributed by atoms with Gasteiger partial charge in [-0.25, -0.2) is 0 Å². The number of hydrogen-bond acceptors (Lipinski definition) is 3. The maximum atomic E-state index is 11.2. The maximum Gasteiger partial charge on any atom is 0.210 e. The van der Waals surface area contributed by atoms with Gasteiger partial charge in [-0.15, -0.1) is 0 Å². The standard InChI is InChI=1S/C13H20NO2/c1-10(14(3)4)13(2)8-6-7-12(16-5)11(13)9-15/h6-8,10-11H,1-5H3. The molecule has 0 amide bonds. The molecule has 0 saturated heterocycles. The highest BCUT2D eigenvalue weighted by molar-refractivity contribution is 5.63. The Hall–Kier alpha value is -1.09. The van der Waals surface area contributed by atoms with Crippen molar-refractivity contribution in [2.75, 3.05) is 21.2 Å². The molecule has 1 aliphatic rings. The molecule has 16 heavy (non-hydrogen) atoms. The number of nitrogens with zero attached hydrogens (tertiary/aromatic N) is 1. The smallest absolute Gasteiger partial charge is 0.210 e. The molecule has 1 rings (SSSR count). The largest absolute Gasteiger partial charge is 0.500 e. The van der Waals surface area contributed by atoms with Crippen molar-refractivity contribution >= 4 is 6.29 Å². The van der Waals surface area contributed by atoms with Crippen molar-refractivity contribution in [2.45, 2.75) is 19.9 Å². The first kappa shape index (κ1) is 13.0. The molecule has 0 bridgehead atoms. The van der Waals surface area contributed by atoms with Crippen molar-refractivity contribution < 1.29 is 9.53 Å². The summed E-state index contributed by atoms with van der Waals surface area (Å²) in [6, 6.07) is 0.231.